The van der Waals surface area contributed by atoms with Gasteiger partial charge in [0.1, 0.15) is 0 Å². The fraction of sp³-hybridized carbons (Fsp3) is 0.0556. The van der Waals surface area contributed by atoms with E-state index in [1.54, 1.807) is 6.07 Å². The highest BCUT2D eigenvalue weighted by atomic mass is 16.4. The van der Waals surface area contributed by atoms with Crippen LogP contribution < -0.4 is 5.73 Å². The van der Waals surface area contributed by atoms with Gasteiger partial charge in [0.15, 0.2) is 0 Å². The number of nitrogens with zero attached hydrogens (tertiary/aromatic N) is 1. The Morgan fingerprint density at radius 1 is 1.05 bits per heavy atom. The first kappa shape index (κ1) is 13.9. The number of carboxylic acids is 1. The lowest BCUT2D eigenvalue weighted by Gasteiger charge is -2.12. The molecule has 0 saturated carbocycles. The summed E-state index contributed by atoms with van der Waals surface area (Å²) in [7, 11) is 0. The van der Waals surface area contributed by atoms with Gasteiger partial charge in [-0.05, 0) is 37.3 Å². The molecule has 4 heteroatoms. The standard InChI is InChI=1S/C18H16N2O2/c1-12-16(18(21)22)11-17(13-6-5-7-14(19)10-13)20(12)15-8-3-2-4-9-15/h2-11H,19H2,1H3,(H,21,22). The maximum Gasteiger partial charge on any atom is 0.337 e. The van der Waals surface area contributed by atoms with Crippen molar-refractivity contribution < 1.29 is 9.90 Å². The molecule has 0 radical (unpaired) electrons. The van der Waals surface area contributed by atoms with E-state index in [1.165, 1.54) is 0 Å². The lowest BCUT2D eigenvalue weighted by molar-refractivity contribution is 0.0696. The van der Waals surface area contributed by atoms with Crippen LogP contribution in [0.4, 0.5) is 5.69 Å². The predicted molar refractivity (Wildman–Crippen MR) is 87.3 cm³/mol. The predicted octanol–water partition coefficient (Wildman–Crippen LogP) is 3.73. The zero-order valence-electron chi connectivity index (χ0n) is 12.2. The molecule has 22 heavy (non-hydrogen) atoms. The number of benzene rings is 2. The number of aromatic nitrogens is 1. The molecule has 0 aliphatic carbocycles. The van der Waals surface area contributed by atoms with Gasteiger partial charge in [0.05, 0.1) is 11.3 Å². The minimum atomic E-state index is -0.933. The Kier molecular flexibility index (Phi) is 3.43. The number of hydrogen-bond acceptors (Lipinski definition) is 2. The molecule has 0 spiro atoms. The summed E-state index contributed by atoms with van der Waals surface area (Å²) in [4.78, 5) is 11.5. The molecular weight excluding hydrogens is 276 g/mol. The van der Waals surface area contributed by atoms with E-state index in [1.807, 2.05) is 66.1 Å². The monoisotopic (exact) mass is 292 g/mol. The van der Waals surface area contributed by atoms with Crippen LogP contribution in [0.3, 0.4) is 0 Å². The molecular formula is C18H16N2O2. The van der Waals surface area contributed by atoms with Gasteiger partial charge in [-0.15, -0.1) is 0 Å². The first-order chi connectivity index (χ1) is 10.6. The zero-order chi connectivity index (χ0) is 15.7. The molecule has 0 unspecified atom stereocenters. The van der Waals surface area contributed by atoms with E-state index >= 15 is 0 Å². The van der Waals surface area contributed by atoms with Gasteiger partial charge in [-0.25, -0.2) is 4.79 Å². The van der Waals surface area contributed by atoms with Crippen LogP contribution in [-0.4, -0.2) is 15.6 Å². The van der Waals surface area contributed by atoms with Crippen LogP contribution in [0.1, 0.15) is 16.1 Å². The molecule has 110 valence electrons. The number of aromatic carboxylic acids is 1. The van der Waals surface area contributed by atoms with Crippen LogP contribution in [0.2, 0.25) is 0 Å². The molecule has 0 fully saturated rings. The summed E-state index contributed by atoms with van der Waals surface area (Å²) in [5, 5.41) is 9.41. The van der Waals surface area contributed by atoms with Gasteiger partial charge in [0, 0.05) is 22.6 Å². The fourth-order valence-corrected chi connectivity index (χ4v) is 2.64. The van der Waals surface area contributed by atoms with Crippen molar-refractivity contribution >= 4 is 11.7 Å². The highest BCUT2D eigenvalue weighted by molar-refractivity contribution is 5.91. The van der Waals surface area contributed by atoms with E-state index in [9.17, 15) is 9.90 Å². The molecule has 3 rings (SSSR count). The molecule has 0 saturated heterocycles. The topological polar surface area (TPSA) is 68.2 Å². The Balaban J connectivity index is 2.30. The Morgan fingerprint density at radius 2 is 1.77 bits per heavy atom. The van der Waals surface area contributed by atoms with Gasteiger partial charge in [0.2, 0.25) is 0 Å². The number of carboxylic acid groups (broad SMARTS) is 1. The van der Waals surface area contributed by atoms with Gasteiger partial charge >= 0.3 is 5.97 Å². The van der Waals surface area contributed by atoms with Crippen molar-refractivity contribution in [3.05, 3.63) is 71.9 Å². The average molecular weight is 292 g/mol. The SMILES string of the molecule is Cc1c(C(=O)O)cc(-c2cccc(N)c2)n1-c1ccccc1. The Hall–Kier alpha value is -3.01. The van der Waals surface area contributed by atoms with Crippen molar-refractivity contribution in [3.8, 4) is 16.9 Å². The Labute approximate surface area is 128 Å². The summed E-state index contributed by atoms with van der Waals surface area (Å²) in [6, 6.07) is 18.8. The van der Waals surface area contributed by atoms with Crippen LogP contribution in [-0.2, 0) is 0 Å². The third kappa shape index (κ3) is 2.35. The van der Waals surface area contributed by atoms with Crippen molar-refractivity contribution in [1.82, 2.24) is 4.57 Å². The minimum Gasteiger partial charge on any atom is -0.478 e. The third-order valence-corrected chi connectivity index (χ3v) is 3.67. The fourth-order valence-electron chi connectivity index (χ4n) is 2.64. The number of nitrogens with two attached hydrogens (primary N) is 1. The summed E-state index contributed by atoms with van der Waals surface area (Å²) >= 11 is 0. The first-order valence-corrected chi connectivity index (χ1v) is 6.95. The minimum absolute atomic E-state index is 0.293. The molecule has 4 nitrogen and oxygen atoms in total. The van der Waals surface area contributed by atoms with Crippen molar-refractivity contribution in [2.45, 2.75) is 6.92 Å². The summed E-state index contributed by atoms with van der Waals surface area (Å²) in [5.74, 6) is -0.933. The molecule has 3 aromatic rings. The Bertz CT molecular complexity index is 836. The lowest BCUT2D eigenvalue weighted by atomic mass is 10.1. The molecule has 3 N–H and O–H groups in total. The maximum absolute atomic E-state index is 11.5. The van der Waals surface area contributed by atoms with Crippen molar-refractivity contribution in [2.75, 3.05) is 5.73 Å². The molecule has 1 heterocycles. The van der Waals surface area contributed by atoms with Gasteiger partial charge < -0.3 is 15.4 Å². The summed E-state index contributed by atoms with van der Waals surface area (Å²) in [5.41, 5.74) is 10.1. The van der Waals surface area contributed by atoms with E-state index in [0.717, 1.165) is 16.9 Å². The summed E-state index contributed by atoms with van der Waals surface area (Å²) < 4.78 is 1.94. The van der Waals surface area contributed by atoms with Crippen LogP contribution in [0.5, 0.6) is 0 Å². The van der Waals surface area contributed by atoms with E-state index in [2.05, 4.69) is 0 Å². The second-order valence-corrected chi connectivity index (χ2v) is 5.13. The molecule has 0 bridgehead atoms. The zero-order valence-corrected chi connectivity index (χ0v) is 12.2. The van der Waals surface area contributed by atoms with Crippen LogP contribution >= 0.6 is 0 Å². The van der Waals surface area contributed by atoms with Crippen LogP contribution in [0.25, 0.3) is 16.9 Å². The number of nitrogen functional groups attached to an aromatic ring is 1. The molecule has 0 atom stereocenters. The van der Waals surface area contributed by atoms with Gasteiger partial charge in [0.25, 0.3) is 0 Å². The maximum atomic E-state index is 11.5. The first-order valence-electron chi connectivity index (χ1n) is 6.95. The van der Waals surface area contributed by atoms with Gasteiger partial charge in [-0.2, -0.15) is 0 Å². The highest BCUT2D eigenvalue weighted by Gasteiger charge is 2.18. The summed E-state index contributed by atoms with van der Waals surface area (Å²) in [6.07, 6.45) is 0. The summed E-state index contributed by atoms with van der Waals surface area (Å²) in [6.45, 7) is 1.81. The van der Waals surface area contributed by atoms with E-state index in [-0.39, 0.29) is 0 Å². The van der Waals surface area contributed by atoms with Gasteiger partial charge in [-0.3, -0.25) is 0 Å². The van der Waals surface area contributed by atoms with Gasteiger partial charge in [-0.1, -0.05) is 30.3 Å². The number of hydrogen-bond donors (Lipinski definition) is 2. The van der Waals surface area contributed by atoms with Crippen LogP contribution in [0, 0.1) is 6.92 Å². The number of carbonyl (C=O) groups is 1. The second kappa shape index (κ2) is 5.41. The van der Waals surface area contributed by atoms with Crippen molar-refractivity contribution in [1.29, 1.82) is 0 Å². The lowest BCUT2D eigenvalue weighted by Crippen LogP contribution is -2.02. The number of anilines is 1. The molecule has 0 aliphatic heterocycles. The largest absolute Gasteiger partial charge is 0.478 e. The quantitative estimate of drug-likeness (QED) is 0.723. The van der Waals surface area contributed by atoms with Crippen molar-refractivity contribution in [2.24, 2.45) is 0 Å². The van der Waals surface area contributed by atoms with Crippen molar-refractivity contribution in [3.63, 3.8) is 0 Å². The van der Waals surface area contributed by atoms with E-state index in [0.29, 0.717) is 16.9 Å². The molecule has 0 aliphatic rings. The van der Waals surface area contributed by atoms with Crippen LogP contribution in [0.15, 0.2) is 60.7 Å². The Morgan fingerprint density at radius 3 is 2.41 bits per heavy atom. The molecule has 2 aromatic carbocycles. The number of para-hydroxylation sites is 1. The third-order valence-electron chi connectivity index (χ3n) is 3.67. The van der Waals surface area contributed by atoms with E-state index < -0.39 is 5.97 Å². The number of rotatable bonds is 3. The molecule has 1 aromatic heterocycles. The van der Waals surface area contributed by atoms with E-state index in [4.69, 9.17) is 5.73 Å². The normalized spacial score (nSPS) is 10.6. The highest BCUT2D eigenvalue weighted by Crippen LogP contribution is 2.30. The smallest absolute Gasteiger partial charge is 0.337 e. The average Bonchev–Trinajstić information content (AvgIpc) is 2.86. The second-order valence-electron chi connectivity index (χ2n) is 5.13. The molecule has 0 amide bonds.